The molecule has 4 unspecified atom stereocenters. The van der Waals surface area contributed by atoms with Gasteiger partial charge in [0.2, 0.25) is 0 Å². The zero-order valence-electron chi connectivity index (χ0n) is 17.5. The predicted octanol–water partition coefficient (Wildman–Crippen LogP) is 4.05. The Kier molecular flexibility index (Phi) is 4.87. The summed E-state index contributed by atoms with van der Waals surface area (Å²) in [6.45, 7) is 4.79. The van der Waals surface area contributed by atoms with Crippen LogP contribution in [0.3, 0.4) is 0 Å². The zero-order valence-corrected chi connectivity index (χ0v) is 18.3. The number of benzene rings is 1. The van der Waals surface area contributed by atoms with E-state index in [9.17, 15) is 0 Å². The van der Waals surface area contributed by atoms with E-state index in [1.807, 2.05) is 18.2 Å². The highest BCUT2D eigenvalue weighted by atomic mass is 32.1. The van der Waals surface area contributed by atoms with Gasteiger partial charge in [0, 0.05) is 30.9 Å². The van der Waals surface area contributed by atoms with E-state index in [4.69, 9.17) is 21.7 Å². The van der Waals surface area contributed by atoms with Crippen LogP contribution >= 0.6 is 12.2 Å². The number of rotatable bonds is 1. The summed E-state index contributed by atoms with van der Waals surface area (Å²) in [5, 5.41) is 4.35. The van der Waals surface area contributed by atoms with Gasteiger partial charge in [0.15, 0.2) is 16.6 Å². The predicted molar refractivity (Wildman–Crippen MR) is 122 cm³/mol. The molecule has 30 heavy (non-hydrogen) atoms. The molecule has 0 aromatic heterocycles. The van der Waals surface area contributed by atoms with Crippen LogP contribution < -0.4 is 14.8 Å². The fraction of sp³-hybridized carbons (Fsp3) is 0.625. The van der Waals surface area contributed by atoms with Gasteiger partial charge in [-0.05, 0) is 74.8 Å². The Morgan fingerprint density at radius 3 is 2.90 bits per heavy atom. The molecule has 6 rings (SSSR count). The smallest absolute Gasteiger partial charge is 0.173 e. The first-order valence-electron chi connectivity index (χ1n) is 11.7. The molecule has 5 nitrogen and oxygen atoms in total. The number of nitrogens with zero attached hydrogens (tertiary/aromatic N) is 2. The summed E-state index contributed by atoms with van der Waals surface area (Å²) < 4.78 is 11.4. The molecule has 0 saturated carbocycles. The number of likely N-dealkylation sites (tertiary alicyclic amines) is 1. The second-order valence-electron chi connectivity index (χ2n) is 9.49. The van der Waals surface area contributed by atoms with Gasteiger partial charge >= 0.3 is 0 Å². The molecule has 0 spiro atoms. The van der Waals surface area contributed by atoms with Gasteiger partial charge in [-0.15, -0.1) is 0 Å². The van der Waals surface area contributed by atoms with E-state index in [0.29, 0.717) is 25.2 Å². The van der Waals surface area contributed by atoms with Gasteiger partial charge < -0.3 is 19.7 Å². The Hall–Kier alpha value is -1.79. The highest BCUT2D eigenvalue weighted by molar-refractivity contribution is 7.80. The van der Waals surface area contributed by atoms with E-state index in [1.165, 1.54) is 51.6 Å². The van der Waals surface area contributed by atoms with Gasteiger partial charge in [-0.25, -0.2) is 0 Å². The van der Waals surface area contributed by atoms with Crippen LogP contribution in [0.4, 0.5) is 5.69 Å². The number of hydrogen-bond donors (Lipinski definition) is 1. The standard InChI is InChI=1S/C24H31N3O2S/c30-24(25-19-6-7-21-22(14-19)29-11-10-28-21)27-9-3-4-16-12-17-13-18(23(16)27)15-26-8-2-1-5-20(17)26/h6-7,12,14,17-18,20,23H,1-5,8-11,13,15H2,(H,25,30). The normalized spacial score (nSPS) is 32.5. The zero-order chi connectivity index (χ0) is 20.1. The number of fused-ring (bicyclic) bond motifs is 7. The van der Waals surface area contributed by atoms with E-state index in [0.717, 1.165) is 40.8 Å². The Balaban J connectivity index is 1.23. The molecule has 1 aromatic carbocycles. The number of nitrogens with one attached hydrogen (secondary N) is 1. The Labute approximate surface area is 184 Å². The van der Waals surface area contributed by atoms with Crippen molar-refractivity contribution in [3.8, 4) is 11.5 Å². The molecule has 160 valence electrons. The number of anilines is 1. The van der Waals surface area contributed by atoms with Crippen molar-refractivity contribution in [3.05, 3.63) is 29.8 Å². The Morgan fingerprint density at radius 1 is 1.07 bits per heavy atom. The second-order valence-corrected chi connectivity index (χ2v) is 9.88. The van der Waals surface area contributed by atoms with Gasteiger partial charge in [-0.1, -0.05) is 18.1 Å². The van der Waals surface area contributed by atoms with Crippen LogP contribution in [-0.4, -0.2) is 59.8 Å². The third-order valence-electron chi connectivity index (χ3n) is 7.71. The van der Waals surface area contributed by atoms with Crippen molar-refractivity contribution in [3.63, 3.8) is 0 Å². The SMILES string of the molecule is S=C(Nc1ccc2c(c1)OCCO2)N1CCCC2=CC3CC(CN4CCCCC34)C21. The van der Waals surface area contributed by atoms with Gasteiger partial charge in [0.1, 0.15) is 13.2 Å². The van der Waals surface area contributed by atoms with Crippen molar-refractivity contribution < 1.29 is 9.47 Å². The maximum atomic E-state index is 5.94. The van der Waals surface area contributed by atoms with E-state index >= 15 is 0 Å². The van der Waals surface area contributed by atoms with Crippen molar-refractivity contribution in [1.29, 1.82) is 0 Å². The van der Waals surface area contributed by atoms with Gasteiger partial charge in [-0.2, -0.15) is 0 Å². The first kappa shape index (κ1) is 18.9. The van der Waals surface area contributed by atoms with Crippen molar-refractivity contribution in [1.82, 2.24) is 9.80 Å². The summed E-state index contributed by atoms with van der Waals surface area (Å²) in [4.78, 5) is 5.27. The minimum atomic E-state index is 0.468. The number of hydrogen-bond acceptors (Lipinski definition) is 4. The van der Waals surface area contributed by atoms with Gasteiger partial charge in [-0.3, -0.25) is 4.90 Å². The number of piperidine rings is 3. The summed E-state index contributed by atoms with van der Waals surface area (Å²) >= 11 is 5.94. The molecule has 5 aliphatic rings. The molecule has 4 atom stereocenters. The summed E-state index contributed by atoms with van der Waals surface area (Å²) in [5.74, 6) is 3.08. The van der Waals surface area contributed by atoms with Crippen molar-refractivity contribution in [2.75, 3.05) is 38.2 Å². The molecule has 1 aliphatic carbocycles. The second kappa shape index (κ2) is 7.72. The molecule has 1 aromatic rings. The van der Waals surface area contributed by atoms with Crippen LogP contribution in [0, 0.1) is 11.8 Å². The minimum absolute atomic E-state index is 0.468. The molecule has 2 bridgehead atoms. The summed E-state index contributed by atoms with van der Waals surface area (Å²) in [7, 11) is 0. The lowest BCUT2D eigenvalue weighted by molar-refractivity contribution is 0.0132. The largest absolute Gasteiger partial charge is 0.486 e. The maximum Gasteiger partial charge on any atom is 0.173 e. The van der Waals surface area contributed by atoms with Crippen molar-refractivity contribution >= 4 is 23.0 Å². The lowest BCUT2D eigenvalue weighted by Gasteiger charge is -2.55. The highest BCUT2D eigenvalue weighted by Gasteiger charge is 2.46. The van der Waals surface area contributed by atoms with Crippen LogP contribution in [0.1, 0.15) is 38.5 Å². The topological polar surface area (TPSA) is 37.0 Å². The first-order chi connectivity index (χ1) is 14.8. The fourth-order valence-electron chi connectivity index (χ4n) is 6.52. The molecule has 3 saturated heterocycles. The average molecular weight is 426 g/mol. The van der Waals surface area contributed by atoms with E-state index in [1.54, 1.807) is 5.57 Å². The molecule has 4 aliphatic heterocycles. The molecule has 3 fully saturated rings. The van der Waals surface area contributed by atoms with Crippen LogP contribution in [0.25, 0.3) is 0 Å². The Morgan fingerprint density at radius 2 is 1.97 bits per heavy atom. The summed E-state index contributed by atoms with van der Waals surface area (Å²) in [6.07, 6.45) is 10.6. The first-order valence-corrected chi connectivity index (χ1v) is 12.1. The van der Waals surface area contributed by atoms with E-state index in [2.05, 4.69) is 21.2 Å². The molecule has 0 radical (unpaired) electrons. The number of thiocarbonyl (C=S) groups is 1. The summed E-state index contributed by atoms with van der Waals surface area (Å²) in [6, 6.07) is 7.29. The van der Waals surface area contributed by atoms with E-state index in [-0.39, 0.29) is 0 Å². The average Bonchev–Trinajstić information content (AvgIpc) is 2.78. The molecule has 6 heteroatoms. The monoisotopic (exact) mass is 425 g/mol. The molecule has 0 amide bonds. The van der Waals surface area contributed by atoms with Crippen LogP contribution in [0.15, 0.2) is 29.8 Å². The van der Waals surface area contributed by atoms with Crippen LogP contribution in [0.5, 0.6) is 11.5 Å². The Bertz CT molecular complexity index is 872. The number of ether oxygens (including phenoxy) is 2. The summed E-state index contributed by atoms with van der Waals surface area (Å²) in [5.41, 5.74) is 2.63. The van der Waals surface area contributed by atoms with Crippen LogP contribution in [0.2, 0.25) is 0 Å². The molecule has 1 N–H and O–H groups in total. The van der Waals surface area contributed by atoms with Crippen LogP contribution in [-0.2, 0) is 0 Å². The van der Waals surface area contributed by atoms with Crippen molar-refractivity contribution in [2.45, 2.75) is 50.6 Å². The third kappa shape index (κ3) is 3.28. The molecular weight excluding hydrogens is 394 g/mol. The fourth-order valence-corrected chi connectivity index (χ4v) is 6.84. The molecular formula is C24H31N3O2S. The third-order valence-corrected chi connectivity index (χ3v) is 8.05. The lowest BCUT2D eigenvalue weighted by Crippen LogP contribution is -2.60. The highest BCUT2D eigenvalue weighted by Crippen LogP contribution is 2.45. The van der Waals surface area contributed by atoms with Gasteiger partial charge in [0.25, 0.3) is 0 Å². The quantitative estimate of drug-likeness (QED) is 0.540. The minimum Gasteiger partial charge on any atom is -0.486 e. The lowest BCUT2D eigenvalue weighted by atomic mass is 9.68. The molecule has 4 heterocycles. The van der Waals surface area contributed by atoms with Crippen molar-refractivity contribution in [2.24, 2.45) is 11.8 Å². The maximum absolute atomic E-state index is 5.94. The van der Waals surface area contributed by atoms with Gasteiger partial charge in [0.05, 0.1) is 6.04 Å². The van der Waals surface area contributed by atoms with E-state index < -0.39 is 0 Å².